The Morgan fingerprint density at radius 2 is 1.80 bits per heavy atom. The Balaban J connectivity index is 1.38. The highest BCUT2D eigenvalue weighted by atomic mass is 16.5. The van der Waals surface area contributed by atoms with Crippen molar-refractivity contribution in [2.75, 3.05) is 40.5 Å². The Bertz CT molecular complexity index is 893. The molecular weight excluding hydrogens is 374 g/mol. The van der Waals surface area contributed by atoms with E-state index in [-0.39, 0.29) is 5.60 Å². The predicted molar refractivity (Wildman–Crippen MR) is 121 cm³/mol. The van der Waals surface area contributed by atoms with Crippen LogP contribution in [0, 0.1) is 0 Å². The van der Waals surface area contributed by atoms with E-state index in [4.69, 9.17) is 14.2 Å². The normalized spacial score (nSPS) is 21.6. The monoisotopic (exact) mass is 407 g/mol. The summed E-state index contributed by atoms with van der Waals surface area (Å²) in [5, 5.41) is 0. The third-order valence-electron chi connectivity index (χ3n) is 6.54. The van der Waals surface area contributed by atoms with Crippen LogP contribution in [0.5, 0.6) is 11.5 Å². The van der Waals surface area contributed by atoms with Gasteiger partial charge in [0.2, 0.25) is 0 Å². The van der Waals surface area contributed by atoms with Gasteiger partial charge in [-0.2, -0.15) is 0 Å². The molecule has 0 aliphatic carbocycles. The van der Waals surface area contributed by atoms with E-state index in [1.54, 1.807) is 14.2 Å². The zero-order valence-corrected chi connectivity index (χ0v) is 18.4. The van der Waals surface area contributed by atoms with Crippen LogP contribution < -0.4 is 9.47 Å². The molecule has 0 radical (unpaired) electrons. The first kappa shape index (κ1) is 21.0. The zero-order valence-electron chi connectivity index (χ0n) is 18.4. The maximum absolute atomic E-state index is 6.30. The summed E-state index contributed by atoms with van der Waals surface area (Å²) in [5.41, 5.74) is 5.13. The molecule has 0 amide bonds. The van der Waals surface area contributed by atoms with E-state index in [9.17, 15) is 0 Å². The highest BCUT2D eigenvalue weighted by molar-refractivity contribution is 5.66. The summed E-state index contributed by atoms with van der Waals surface area (Å²) in [7, 11) is 3.39. The molecule has 4 nitrogen and oxygen atoms in total. The minimum Gasteiger partial charge on any atom is -0.493 e. The fourth-order valence-corrected chi connectivity index (χ4v) is 4.76. The number of methoxy groups -OCH3 is 2. The molecule has 0 fully saturated rings. The number of hydrogen-bond acceptors (Lipinski definition) is 4. The average Bonchev–Trinajstić information content (AvgIpc) is 2.79. The molecule has 2 heterocycles. The lowest BCUT2D eigenvalue weighted by molar-refractivity contribution is -0.0547. The van der Waals surface area contributed by atoms with Crippen molar-refractivity contribution in [3.05, 3.63) is 65.2 Å². The molecule has 0 bridgehead atoms. The first-order chi connectivity index (χ1) is 14.6. The minimum absolute atomic E-state index is 0.270. The molecule has 0 spiro atoms. The van der Waals surface area contributed by atoms with Gasteiger partial charge in [-0.05, 0) is 73.5 Å². The van der Waals surface area contributed by atoms with Crippen LogP contribution in [0.15, 0.2) is 48.5 Å². The van der Waals surface area contributed by atoms with Crippen LogP contribution in [-0.2, 0) is 16.8 Å². The summed E-state index contributed by atoms with van der Waals surface area (Å²) in [6.07, 6.45) is 6.55. The molecule has 0 saturated heterocycles. The molecule has 0 saturated carbocycles. The average molecular weight is 408 g/mol. The second kappa shape index (κ2) is 9.23. The van der Waals surface area contributed by atoms with Gasteiger partial charge in [0.05, 0.1) is 26.4 Å². The molecule has 160 valence electrons. The Morgan fingerprint density at radius 1 is 1.03 bits per heavy atom. The van der Waals surface area contributed by atoms with E-state index in [0.717, 1.165) is 63.4 Å². The van der Waals surface area contributed by atoms with Crippen LogP contribution in [0.3, 0.4) is 0 Å². The van der Waals surface area contributed by atoms with Gasteiger partial charge in [0.15, 0.2) is 11.5 Å². The fourth-order valence-electron chi connectivity index (χ4n) is 4.76. The molecule has 4 heteroatoms. The van der Waals surface area contributed by atoms with Crippen molar-refractivity contribution >= 4 is 5.57 Å². The Labute approximate surface area is 180 Å². The summed E-state index contributed by atoms with van der Waals surface area (Å²) in [4.78, 5) is 2.55. The quantitative estimate of drug-likeness (QED) is 0.642. The number of hydrogen-bond donors (Lipinski definition) is 0. The van der Waals surface area contributed by atoms with Crippen LogP contribution in [0.1, 0.15) is 42.9 Å². The predicted octanol–water partition coefficient (Wildman–Crippen LogP) is 5.06. The van der Waals surface area contributed by atoms with Gasteiger partial charge in [0.25, 0.3) is 0 Å². The molecule has 4 rings (SSSR count). The molecule has 2 aliphatic rings. The first-order valence-corrected chi connectivity index (χ1v) is 11.0. The third kappa shape index (κ3) is 4.40. The fraction of sp³-hybridized carbons (Fsp3) is 0.462. The van der Waals surface area contributed by atoms with Gasteiger partial charge in [-0.25, -0.2) is 0 Å². The number of rotatable bonds is 7. The lowest BCUT2D eigenvalue weighted by Gasteiger charge is -2.37. The summed E-state index contributed by atoms with van der Waals surface area (Å²) < 4.78 is 17.3. The van der Waals surface area contributed by atoms with Crippen molar-refractivity contribution in [1.29, 1.82) is 0 Å². The molecular formula is C26H33NO3. The molecule has 0 N–H and O–H groups in total. The topological polar surface area (TPSA) is 30.9 Å². The van der Waals surface area contributed by atoms with E-state index < -0.39 is 0 Å². The first-order valence-electron chi connectivity index (χ1n) is 11.0. The smallest absolute Gasteiger partial charge is 0.161 e. The van der Waals surface area contributed by atoms with Crippen LogP contribution >= 0.6 is 0 Å². The van der Waals surface area contributed by atoms with E-state index in [1.807, 2.05) is 0 Å². The molecule has 2 aromatic rings. The van der Waals surface area contributed by atoms with Crippen molar-refractivity contribution in [3.63, 3.8) is 0 Å². The van der Waals surface area contributed by atoms with Gasteiger partial charge in [0.1, 0.15) is 0 Å². The number of fused-ring (bicyclic) bond motifs is 1. The van der Waals surface area contributed by atoms with Crippen molar-refractivity contribution in [2.45, 2.75) is 38.2 Å². The number of ether oxygens (including phenoxy) is 3. The van der Waals surface area contributed by atoms with Gasteiger partial charge in [-0.3, -0.25) is 4.90 Å². The Morgan fingerprint density at radius 3 is 2.50 bits per heavy atom. The highest BCUT2D eigenvalue weighted by Gasteiger charge is 2.34. The van der Waals surface area contributed by atoms with Crippen molar-refractivity contribution < 1.29 is 14.2 Å². The molecule has 2 aromatic carbocycles. The van der Waals surface area contributed by atoms with Crippen LogP contribution in [0.2, 0.25) is 0 Å². The standard InChI is InChI=1S/C26H33NO3/c1-26(23-19-25(29-3)24(28-2)18-22(23)12-17-30-26)13-7-14-27-15-10-21(11-16-27)20-8-5-4-6-9-20/h4-6,8-10,18-19H,7,11-17H2,1-3H3. The second-order valence-corrected chi connectivity index (χ2v) is 8.44. The number of benzene rings is 2. The maximum atomic E-state index is 6.30. The highest BCUT2D eigenvalue weighted by Crippen LogP contribution is 2.42. The van der Waals surface area contributed by atoms with Gasteiger partial charge in [-0.1, -0.05) is 36.4 Å². The van der Waals surface area contributed by atoms with Gasteiger partial charge >= 0.3 is 0 Å². The molecule has 30 heavy (non-hydrogen) atoms. The SMILES string of the molecule is COc1cc2c(cc1OC)C(C)(CCCN1CC=C(c3ccccc3)CC1)OCC2. The van der Waals surface area contributed by atoms with E-state index in [2.05, 4.69) is 60.4 Å². The van der Waals surface area contributed by atoms with Gasteiger partial charge in [-0.15, -0.1) is 0 Å². The maximum Gasteiger partial charge on any atom is 0.161 e. The second-order valence-electron chi connectivity index (χ2n) is 8.44. The summed E-state index contributed by atoms with van der Waals surface area (Å²) in [5.74, 6) is 1.58. The molecule has 1 unspecified atom stereocenters. The van der Waals surface area contributed by atoms with Crippen LogP contribution in [-0.4, -0.2) is 45.4 Å². The summed E-state index contributed by atoms with van der Waals surface area (Å²) >= 11 is 0. The molecule has 0 aromatic heterocycles. The summed E-state index contributed by atoms with van der Waals surface area (Å²) in [6.45, 7) is 6.23. The largest absolute Gasteiger partial charge is 0.493 e. The van der Waals surface area contributed by atoms with Crippen molar-refractivity contribution in [2.24, 2.45) is 0 Å². The van der Waals surface area contributed by atoms with Crippen LogP contribution in [0.4, 0.5) is 0 Å². The van der Waals surface area contributed by atoms with Crippen molar-refractivity contribution in [3.8, 4) is 11.5 Å². The molecule has 2 aliphatic heterocycles. The summed E-state index contributed by atoms with van der Waals surface area (Å²) in [6, 6.07) is 15.0. The number of nitrogens with zero attached hydrogens (tertiary/aromatic N) is 1. The van der Waals surface area contributed by atoms with E-state index in [0.29, 0.717) is 0 Å². The van der Waals surface area contributed by atoms with Gasteiger partial charge in [0, 0.05) is 13.1 Å². The Kier molecular flexibility index (Phi) is 6.45. The van der Waals surface area contributed by atoms with Crippen LogP contribution in [0.25, 0.3) is 5.57 Å². The minimum atomic E-state index is -0.270. The Hall–Kier alpha value is -2.30. The molecule has 1 atom stereocenters. The van der Waals surface area contributed by atoms with E-state index in [1.165, 1.54) is 22.3 Å². The zero-order chi connectivity index (χ0) is 21.0. The van der Waals surface area contributed by atoms with E-state index >= 15 is 0 Å². The van der Waals surface area contributed by atoms with Crippen molar-refractivity contribution in [1.82, 2.24) is 4.90 Å². The third-order valence-corrected chi connectivity index (χ3v) is 6.54. The van der Waals surface area contributed by atoms with Gasteiger partial charge < -0.3 is 14.2 Å². The lowest BCUT2D eigenvalue weighted by atomic mass is 9.84. The lowest BCUT2D eigenvalue weighted by Crippen LogP contribution is -2.35.